The lowest BCUT2D eigenvalue weighted by atomic mass is 10.1. The van der Waals surface area contributed by atoms with E-state index in [9.17, 15) is 4.79 Å². The summed E-state index contributed by atoms with van der Waals surface area (Å²) in [5.41, 5.74) is 0. The van der Waals surface area contributed by atoms with Gasteiger partial charge >= 0.3 is 0 Å². The minimum atomic E-state index is -0.632. The number of carbonyl (C=O) groups excluding carboxylic acids is 1. The van der Waals surface area contributed by atoms with Crippen molar-refractivity contribution in [3.8, 4) is 5.75 Å². The summed E-state index contributed by atoms with van der Waals surface area (Å²) >= 11 is 5.37. The van der Waals surface area contributed by atoms with Crippen LogP contribution in [0.1, 0.15) is 6.92 Å². The van der Waals surface area contributed by atoms with Gasteiger partial charge in [0, 0.05) is 5.39 Å². The predicted octanol–water partition coefficient (Wildman–Crippen LogP) is 3.37. The zero-order chi connectivity index (χ0) is 11.5. The second-order valence-electron chi connectivity index (χ2n) is 3.54. The Labute approximate surface area is 98.8 Å². The fourth-order valence-electron chi connectivity index (χ4n) is 1.54. The summed E-state index contributed by atoms with van der Waals surface area (Å²) in [7, 11) is 0. The van der Waals surface area contributed by atoms with Gasteiger partial charge in [-0.05, 0) is 30.0 Å². The van der Waals surface area contributed by atoms with Crippen molar-refractivity contribution in [1.29, 1.82) is 0 Å². The first kappa shape index (κ1) is 11.0. The SMILES string of the molecule is C[C@@H](Oc1cccc2ccccc12)C(=O)Cl. The molecule has 0 fully saturated rings. The van der Waals surface area contributed by atoms with Gasteiger partial charge in [0.15, 0.2) is 6.10 Å². The Balaban J connectivity index is 2.41. The van der Waals surface area contributed by atoms with Crippen molar-refractivity contribution in [2.45, 2.75) is 13.0 Å². The summed E-state index contributed by atoms with van der Waals surface area (Å²) in [6, 6.07) is 13.6. The van der Waals surface area contributed by atoms with E-state index in [4.69, 9.17) is 16.3 Å². The molecule has 0 N–H and O–H groups in total. The molecule has 0 aromatic heterocycles. The molecule has 0 aliphatic rings. The second kappa shape index (κ2) is 4.54. The molecule has 0 amide bonds. The Hall–Kier alpha value is -1.54. The van der Waals surface area contributed by atoms with Crippen LogP contribution >= 0.6 is 11.6 Å². The Kier molecular flexibility index (Phi) is 3.11. The van der Waals surface area contributed by atoms with Gasteiger partial charge in [-0.15, -0.1) is 0 Å². The molecule has 0 radical (unpaired) electrons. The standard InChI is InChI=1S/C13H11ClO2/c1-9(13(14)15)16-12-8-4-6-10-5-2-3-7-11(10)12/h2-9H,1H3/t9-/m1/s1. The minimum absolute atomic E-state index is 0.493. The van der Waals surface area contributed by atoms with Crippen molar-refractivity contribution in [3.63, 3.8) is 0 Å². The summed E-state index contributed by atoms with van der Waals surface area (Å²) in [5, 5.41) is 1.57. The highest BCUT2D eigenvalue weighted by Crippen LogP contribution is 2.26. The Morgan fingerprint density at radius 2 is 1.88 bits per heavy atom. The number of hydrogen-bond donors (Lipinski definition) is 0. The number of carbonyl (C=O) groups is 1. The smallest absolute Gasteiger partial charge is 0.262 e. The maximum absolute atomic E-state index is 10.9. The quantitative estimate of drug-likeness (QED) is 0.761. The van der Waals surface area contributed by atoms with E-state index in [2.05, 4.69) is 0 Å². The second-order valence-corrected chi connectivity index (χ2v) is 3.91. The molecule has 16 heavy (non-hydrogen) atoms. The van der Waals surface area contributed by atoms with Crippen molar-refractivity contribution in [2.75, 3.05) is 0 Å². The Morgan fingerprint density at radius 3 is 2.62 bits per heavy atom. The molecule has 2 rings (SSSR count). The molecule has 0 saturated carbocycles. The van der Waals surface area contributed by atoms with E-state index in [1.54, 1.807) is 6.92 Å². The molecule has 3 heteroatoms. The van der Waals surface area contributed by atoms with Crippen LogP contribution in [0.3, 0.4) is 0 Å². The number of fused-ring (bicyclic) bond motifs is 1. The molecule has 2 aromatic carbocycles. The van der Waals surface area contributed by atoms with Crippen LogP contribution in [0.15, 0.2) is 42.5 Å². The minimum Gasteiger partial charge on any atom is -0.481 e. The van der Waals surface area contributed by atoms with Crippen molar-refractivity contribution in [1.82, 2.24) is 0 Å². The number of rotatable bonds is 3. The molecule has 0 saturated heterocycles. The molecule has 0 aliphatic heterocycles. The van der Waals surface area contributed by atoms with Gasteiger partial charge in [0.25, 0.3) is 5.24 Å². The van der Waals surface area contributed by atoms with Gasteiger partial charge in [-0.25, -0.2) is 0 Å². The first-order valence-electron chi connectivity index (χ1n) is 5.02. The van der Waals surface area contributed by atoms with Crippen LogP contribution in [-0.4, -0.2) is 11.3 Å². The third kappa shape index (κ3) is 2.17. The lowest BCUT2D eigenvalue weighted by molar-refractivity contribution is -0.117. The highest BCUT2D eigenvalue weighted by atomic mass is 35.5. The van der Waals surface area contributed by atoms with Gasteiger partial charge in [-0.3, -0.25) is 4.79 Å². The molecular formula is C13H11ClO2. The zero-order valence-electron chi connectivity index (χ0n) is 8.81. The van der Waals surface area contributed by atoms with Crippen molar-refractivity contribution < 1.29 is 9.53 Å². The van der Waals surface area contributed by atoms with Crippen LogP contribution in [0.25, 0.3) is 10.8 Å². The number of halogens is 1. The van der Waals surface area contributed by atoms with Gasteiger partial charge in [0.05, 0.1) is 0 Å². The van der Waals surface area contributed by atoms with Gasteiger partial charge in [-0.1, -0.05) is 36.4 Å². The van der Waals surface area contributed by atoms with Crippen LogP contribution in [0, 0.1) is 0 Å². The highest BCUT2D eigenvalue weighted by molar-refractivity contribution is 6.64. The molecule has 0 aliphatic carbocycles. The van der Waals surface area contributed by atoms with E-state index in [0.717, 1.165) is 10.8 Å². The van der Waals surface area contributed by atoms with Crippen molar-refractivity contribution >= 4 is 27.6 Å². The molecule has 2 aromatic rings. The third-order valence-electron chi connectivity index (χ3n) is 2.37. The zero-order valence-corrected chi connectivity index (χ0v) is 9.57. The van der Waals surface area contributed by atoms with E-state index in [0.29, 0.717) is 5.75 Å². The first-order chi connectivity index (χ1) is 7.68. The summed E-state index contributed by atoms with van der Waals surface area (Å²) in [4.78, 5) is 10.9. The Morgan fingerprint density at radius 1 is 1.19 bits per heavy atom. The number of hydrogen-bond acceptors (Lipinski definition) is 2. The van der Waals surface area contributed by atoms with Gasteiger partial charge < -0.3 is 4.74 Å². The lowest BCUT2D eigenvalue weighted by Crippen LogP contribution is -2.18. The molecule has 0 unspecified atom stereocenters. The topological polar surface area (TPSA) is 26.3 Å². The summed E-state index contributed by atoms with van der Waals surface area (Å²) in [6.07, 6.45) is -0.632. The molecular weight excluding hydrogens is 224 g/mol. The highest BCUT2D eigenvalue weighted by Gasteiger charge is 2.12. The van der Waals surface area contributed by atoms with Gasteiger partial charge in [-0.2, -0.15) is 0 Å². The van der Waals surface area contributed by atoms with Crippen molar-refractivity contribution in [2.24, 2.45) is 0 Å². The molecule has 1 atom stereocenters. The average Bonchev–Trinajstić information content (AvgIpc) is 2.29. The van der Waals surface area contributed by atoms with E-state index >= 15 is 0 Å². The maximum atomic E-state index is 10.9. The van der Waals surface area contributed by atoms with E-state index in [1.807, 2.05) is 42.5 Å². The molecule has 0 heterocycles. The summed E-state index contributed by atoms with van der Waals surface area (Å²) in [6.45, 7) is 1.64. The summed E-state index contributed by atoms with van der Waals surface area (Å²) in [5.74, 6) is 0.680. The van der Waals surface area contributed by atoms with Crippen LogP contribution in [0.4, 0.5) is 0 Å². The van der Waals surface area contributed by atoms with Crippen LogP contribution < -0.4 is 4.74 Å². The number of benzene rings is 2. The molecule has 2 nitrogen and oxygen atoms in total. The van der Waals surface area contributed by atoms with Gasteiger partial charge in [0.1, 0.15) is 5.75 Å². The van der Waals surface area contributed by atoms with E-state index in [1.165, 1.54) is 0 Å². The first-order valence-corrected chi connectivity index (χ1v) is 5.40. The normalized spacial score (nSPS) is 12.4. The van der Waals surface area contributed by atoms with Crippen LogP contribution in [0.2, 0.25) is 0 Å². The van der Waals surface area contributed by atoms with Crippen LogP contribution in [0.5, 0.6) is 5.75 Å². The number of ether oxygens (including phenoxy) is 1. The summed E-state index contributed by atoms with van der Waals surface area (Å²) < 4.78 is 5.51. The predicted molar refractivity (Wildman–Crippen MR) is 64.9 cm³/mol. The fraction of sp³-hybridized carbons (Fsp3) is 0.154. The molecule has 0 spiro atoms. The van der Waals surface area contributed by atoms with Crippen LogP contribution in [-0.2, 0) is 4.79 Å². The van der Waals surface area contributed by atoms with Gasteiger partial charge in [0.2, 0.25) is 0 Å². The fourth-order valence-corrected chi connectivity index (χ4v) is 1.58. The lowest BCUT2D eigenvalue weighted by Gasteiger charge is -2.12. The molecule has 82 valence electrons. The van der Waals surface area contributed by atoms with E-state index < -0.39 is 11.3 Å². The monoisotopic (exact) mass is 234 g/mol. The van der Waals surface area contributed by atoms with E-state index in [-0.39, 0.29) is 0 Å². The third-order valence-corrected chi connectivity index (χ3v) is 2.68. The molecule has 0 bridgehead atoms. The largest absolute Gasteiger partial charge is 0.481 e. The average molecular weight is 235 g/mol. The van der Waals surface area contributed by atoms with Crippen molar-refractivity contribution in [3.05, 3.63) is 42.5 Å². The maximum Gasteiger partial charge on any atom is 0.262 e. The Bertz CT molecular complexity index is 517.